The van der Waals surface area contributed by atoms with Crippen molar-refractivity contribution in [1.82, 2.24) is 4.98 Å². The summed E-state index contributed by atoms with van der Waals surface area (Å²) in [7, 11) is 0. The molecular formula is C12H9BrClNO. The molecule has 0 aliphatic heterocycles. The van der Waals surface area contributed by atoms with Crippen molar-refractivity contribution in [2.75, 3.05) is 0 Å². The lowest BCUT2D eigenvalue weighted by atomic mass is 10.3. The van der Waals surface area contributed by atoms with Gasteiger partial charge in [-0.05, 0) is 24.3 Å². The minimum Gasteiger partial charge on any atom is -0.457 e. The molecule has 0 aliphatic carbocycles. The van der Waals surface area contributed by atoms with E-state index in [1.54, 1.807) is 12.3 Å². The fourth-order valence-corrected chi connectivity index (χ4v) is 1.78. The molecule has 0 saturated carbocycles. The van der Waals surface area contributed by atoms with Crippen LogP contribution >= 0.6 is 27.5 Å². The maximum absolute atomic E-state index is 5.70. The first kappa shape index (κ1) is 11.4. The third kappa shape index (κ3) is 2.97. The summed E-state index contributed by atoms with van der Waals surface area (Å²) in [5, 5.41) is 0. The van der Waals surface area contributed by atoms with Crippen LogP contribution in [0.15, 0.2) is 47.1 Å². The number of rotatable bonds is 3. The van der Waals surface area contributed by atoms with Crippen LogP contribution in [0.3, 0.4) is 0 Å². The monoisotopic (exact) mass is 297 g/mol. The number of nitrogens with zero attached hydrogens (tertiary/aromatic N) is 1. The van der Waals surface area contributed by atoms with Gasteiger partial charge in [0.2, 0.25) is 0 Å². The summed E-state index contributed by atoms with van der Waals surface area (Å²) < 4.78 is 6.66. The zero-order chi connectivity index (χ0) is 11.4. The molecule has 0 fully saturated rings. The van der Waals surface area contributed by atoms with Crippen molar-refractivity contribution in [3.63, 3.8) is 0 Å². The molecule has 2 nitrogen and oxygen atoms in total. The van der Waals surface area contributed by atoms with E-state index in [1.165, 1.54) is 0 Å². The van der Waals surface area contributed by atoms with Crippen molar-refractivity contribution in [3.8, 4) is 11.5 Å². The lowest BCUT2D eigenvalue weighted by Gasteiger charge is -2.06. The lowest BCUT2D eigenvalue weighted by Crippen LogP contribution is -1.88. The summed E-state index contributed by atoms with van der Waals surface area (Å²) in [6.45, 7) is 0. The topological polar surface area (TPSA) is 22.1 Å². The summed E-state index contributed by atoms with van der Waals surface area (Å²) in [5.74, 6) is 1.90. The number of benzene rings is 1. The molecule has 0 radical (unpaired) electrons. The van der Waals surface area contributed by atoms with Crippen LogP contribution in [-0.4, -0.2) is 4.98 Å². The number of hydrogen-bond acceptors (Lipinski definition) is 2. The third-order valence-electron chi connectivity index (χ3n) is 1.96. The molecule has 2 aromatic rings. The van der Waals surface area contributed by atoms with E-state index in [1.807, 2.05) is 30.3 Å². The second-order valence-electron chi connectivity index (χ2n) is 3.18. The molecule has 0 N–H and O–H groups in total. The van der Waals surface area contributed by atoms with Gasteiger partial charge in [0.25, 0.3) is 0 Å². The van der Waals surface area contributed by atoms with Crippen molar-refractivity contribution in [1.29, 1.82) is 0 Å². The first-order chi connectivity index (χ1) is 7.78. The van der Waals surface area contributed by atoms with Gasteiger partial charge in [-0.25, -0.2) is 0 Å². The first-order valence-electron chi connectivity index (χ1n) is 4.72. The summed E-state index contributed by atoms with van der Waals surface area (Å²) in [4.78, 5) is 4.10. The highest BCUT2D eigenvalue weighted by atomic mass is 79.9. The number of pyridine rings is 1. The number of alkyl halides is 1. The minimum absolute atomic E-state index is 0.385. The molecule has 1 aromatic carbocycles. The smallest absolute Gasteiger partial charge is 0.130 e. The quantitative estimate of drug-likeness (QED) is 0.785. The van der Waals surface area contributed by atoms with Crippen LogP contribution in [-0.2, 0) is 5.88 Å². The Morgan fingerprint density at radius 2 is 2.00 bits per heavy atom. The molecule has 16 heavy (non-hydrogen) atoms. The van der Waals surface area contributed by atoms with Crippen molar-refractivity contribution in [2.24, 2.45) is 0 Å². The Morgan fingerprint density at radius 3 is 2.75 bits per heavy atom. The SMILES string of the molecule is ClCc1cc(Oc2cccc(Br)c2)ccn1. The normalized spacial score (nSPS) is 10.1. The van der Waals surface area contributed by atoms with Gasteiger partial charge in [0.15, 0.2) is 0 Å². The lowest BCUT2D eigenvalue weighted by molar-refractivity contribution is 0.481. The van der Waals surface area contributed by atoms with Crippen molar-refractivity contribution in [3.05, 3.63) is 52.8 Å². The summed E-state index contributed by atoms with van der Waals surface area (Å²) in [5.41, 5.74) is 0.800. The number of ether oxygens (including phenoxy) is 1. The van der Waals surface area contributed by atoms with Crippen LogP contribution in [0.25, 0.3) is 0 Å². The van der Waals surface area contributed by atoms with Crippen molar-refractivity contribution < 1.29 is 4.74 Å². The molecule has 4 heteroatoms. The zero-order valence-corrected chi connectivity index (χ0v) is 10.7. The largest absolute Gasteiger partial charge is 0.457 e. The van der Waals surface area contributed by atoms with E-state index in [0.29, 0.717) is 5.88 Å². The molecule has 0 saturated heterocycles. The van der Waals surface area contributed by atoms with Crippen molar-refractivity contribution >= 4 is 27.5 Å². The highest BCUT2D eigenvalue weighted by Crippen LogP contribution is 2.24. The van der Waals surface area contributed by atoms with Crippen LogP contribution in [0, 0.1) is 0 Å². The van der Waals surface area contributed by atoms with E-state index >= 15 is 0 Å². The Labute approximate surface area is 107 Å². The van der Waals surface area contributed by atoms with E-state index in [4.69, 9.17) is 16.3 Å². The second-order valence-corrected chi connectivity index (χ2v) is 4.36. The third-order valence-corrected chi connectivity index (χ3v) is 2.72. The predicted molar refractivity (Wildman–Crippen MR) is 68.0 cm³/mol. The minimum atomic E-state index is 0.385. The van der Waals surface area contributed by atoms with E-state index < -0.39 is 0 Å². The Morgan fingerprint density at radius 1 is 1.19 bits per heavy atom. The Kier molecular flexibility index (Phi) is 3.80. The van der Waals surface area contributed by atoms with E-state index in [-0.39, 0.29) is 0 Å². The summed E-state index contributed by atoms with van der Waals surface area (Å²) in [6, 6.07) is 11.3. The van der Waals surface area contributed by atoms with Crippen LogP contribution in [0.1, 0.15) is 5.69 Å². The number of halogens is 2. The molecule has 0 spiro atoms. The second kappa shape index (κ2) is 5.32. The highest BCUT2D eigenvalue weighted by molar-refractivity contribution is 9.10. The maximum Gasteiger partial charge on any atom is 0.130 e. The molecule has 82 valence electrons. The van der Waals surface area contributed by atoms with Gasteiger partial charge in [-0.2, -0.15) is 0 Å². The van der Waals surface area contributed by atoms with Gasteiger partial charge in [0, 0.05) is 16.7 Å². The van der Waals surface area contributed by atoms with Gasteiger partial charge in [-0.3, -0.25) is 4.98 Å². The van der Waals surface area contributed by atoms with E-state index in [0.717, 1.165) is 21.7 Å². The van der Waals surface area contributed by atoms with Crippen LogP contribution in [0.2, 0.25) is 0 Å². The summed E-state index contributed by atoms with van der Waals surface area (Å²) in [6.07, 6.45) is 1.69. The molecule has 0 atom stereocenters. The highest BCUT2D eigenvalue weighted by Gasteiger charge is 1.99. The maximum atomic E-state index is 5.70. The van der Waals surface area contributed by atoms with Gasteiger partial charge in [-0.15, -0.1) is 11.6 Å². The van der Waals surface area contributed by atoms with Gasteiger partial charge < -0.3 is 4.74 Å². The van der Waals surface area contributed by atoms with E-state index in [9.17, 15) is 0 Å². The molecule has 0 aliphatic rings. The van der Waals surface area contributed by atoms with Crippen LogP contribution in [0.5, 0.6) is 11.5 Å². The van der Waals surface area contributed by atoms with E-state index in [2.05, 4.69) is 20.9 Å². The molecule has 0 unspecified atom stereocenters. The fraction of sp³-hybridized carbons (Fsp3) is 0.0833. The van der Waals surface area contributed by atoms with Crippen LogP contribution < -0.4 is 4.74 Å². The Balaban J connectivity index is 2.20. The molecule has 0 bridgehead atoms. The average Bonchev–Trinajstić information content (AvgIpc) is 2.29. The molecule has 1 aromatic heterocycles. The van der Waals surface area contributed by atoms with Gasteiger partial charge in [0.05, 0.1) is 11.6 Å². The fourth-order valence-electron chi connectivity index (χ4n) is 1.26. The van der Waals surface area contributed by atoms with Gasteiger partial charge in [0.1, 0.15) is 11.5 Å². The van der Waals surface area contributed by atoms with Gasteiger partial charge >= 0.3 is 0 Å². The molecular weight excluding hydrogens is 289 g/mol. The number of aromatic nitrogens is 1. The zero-order valence-electron chi connectivity index (χ0n) is 8.36. The Hall–Kier alpha value is -1.06. The molecule has 1 heterocycles. The first-order valence-corrected chi connectivity index (χ1v) is 6.05. The molecule has 0 amide bonds. The molecule has 2 rings (SSSR count). The predicted octanol–water partition coefficient (Wildman–Crippen LogP) is 4.38. The van der Waals surface area contributed by atoms with Crippen molar-refractivity contribution in [2.45, 2.75) is 5.88 Å². The summed E-state index contributed by atoms with van der Waals surface area (Å²) >= 11 is 9.09. The Bertz CT molecular complexity index is 490. The number of hydrogen-bond donors (Lipinski definition) is 0. The standard InChI is InChI=1S/C12H9BrClNO/c13-9-2-1-3-11(6-9)16-12-4-5-15-10(7-12)8-14/h1-7H,8H2. The van der Waals surface area contributed by atoms with Crippen LogP contribution in [0.4, 0.5) is 0 Å². The van der Waals surface area contributed by atoms with Gasteiger partial charge in [-0.1, -0.05) is 22.0 Å². The average molecular weight is 299 g/mol.